The fraction of sp³-hybridized carbons (Fsp3) is 0. The van der Waals surface area contributed by atoms with Gasteiger partial charge in [-0.15, -0.1) is 0 Å². The molecule has 0 fully saturated rings. The molecule has 0 saturated carbocycles. The molecule has 0 atom stereocenters. The zero-order valence-corrected chi connectivity index (χ0v) is 11.9. The molecule has 0 bridgehead atoms. The molecule has 2 aromatic heterocycles. The molecule has 7 nitrogen and oxygen atoms in total. The predicted octanol–water partition coefficient (Wildman–Crippen LogP) is 1.90. The van der Waals surface area contributed by atoms with Crippen molar-refractivity contribution in [2.45, 2.75) is 0 Å². The molecule has 3 aromatic rings. The average molecular weight is 304 g/mol. The van der Waals surface area contributed by atoms with Gasteiger partial charge in [-0.25, -0.2) is 15.0 Å². The van der Waals surface area contributed by atoms with E-state index in [1.165, 1.54) is 0 Å². The van der Waals surface area contributed by atoms with E-state index in [9.17, 15) is 4.79 Å². The number of carbonyl (C=O) groups is 1. The van der Waals surface area contributed by atoms with Crippen LogP contribution in [0, 0.1) is 0 Å². The molecular weight excluding hydrogens is 292 g/mol. The molecule has 0 spiro atoms. The number of nitrogens with zero attached hydrogens (tertiary/aromatic N) is 3. The number of rotatable bonds is 2. The summed E-state index contributed by atoms with van der Waals surface area (Å²) in [5.41, 5.74) is 2.98. The number of pyridine rings is 1. The van der Waals surface area contributed by atoms with Crippen LogP contribution in [0.2, 0.25) is 0 Å². The number of nitrogens with one attached hydrogen (secondary N) is 3. The summed E-state index contributed by atoms with van der Waals surface area (Å²) < 4.78 is 0. The molecule has 112 valence electrons. The van der Waals surface area contributed by atoms with Gasteiger partial charge in [-0.3, -0.25) is 10.1 Å². The van der Waals surface area contributed by atoms with Crippen LogP contribution in [0.25, 0.3) is 17.1 Å². The van der Waals surface area contributed by atoms with Gasteiger partial charge in [0, 0.05) is 6.20 Å². The maximum atomic E-state index is 12.0. The molecule has 1 aromatic carbocycles. The van der Waals surface area contributed by atoms with Crippen LogP contribution in [0.15, 0.2) is 59.6 Å². The van der Waals surface area contributed by atoms with E-state index in [1.807, 2.05) is 30.3 Å². The Bertz CT molecular complexity index is 941. The molecule has 23 heavy (non-hydrogen) atoms. The lowest BCUT2D eigenvalue weighted by atomic mass is 10.1. The first-order valence-corrected chi connectivity index (χ1v) is 7.01. The van der Waals surface area contributed by atoms with Crippen molar-refractivity contribution in [2.24, 2.45) is 4.99 Å². The Morgan fingerprint density at radius 3 is 2.96 bits per heavy atom. The van der Waals surface area contributed by atoms with Gasteiger partial charge in [0.2, 0.25) is 5.96 Å². The topological polar surface area (TPSA) is 95.1 Å². The van der Waals surface area contributed by atoms with Crippen LogP contribution in [-0.2, 0) is 4.79 Å². The normalized spacial score (nSPS) is 15.7. The lowest BCUT2D eigenvalue weighted by molar-refractivity contribution is -0.115. The number of guanidine groups is 1. The number of anilines is 1. The monoisotopic (exact) mass is 304 g/mol. The van der Waals surface area contributed by atoms with Gasteiger partial charge in [0.05, 0.1) is 17.4 Å². The third-order valence-corrected chi connectivity index (χ3v) is 3.36. The third-order valence-electron chi connectivity index (χ3n) is 3.36. The van der Waals surface area contributed by atoms with E-state index in [1.54, 1.807) is 24.7 Å². The predicted molar refractivity (Wildman–Crippen MR) is 87.5 cm³/mol. The largest absolute Gasteiger partial charge is 0.345 e. The van der Waals surface area contributed by atoms with E-state index in [4.69, 9.17) is 0 Å². The van der Waals surface area contributed by atoms with E-state index >= 15 is 0 Å². The molecule has 4 rings (SSSR count). The van der Waals surface area contributed by atoms with Crippen molar-refractivity contribution >= 4 is 34.8 Å². The lowest BCUT2D eigenvalue weighted by Crippen LogP contribution is -2.30. The highest BCUT2D eigenvalue weighted by molar-refractivity contribution is 6.17. The molecule has 3 heterocycles. The Kier molecular flexibility index (Phi) is 3.09. The minimum atomic E-state index is -0.259. The molecule has 0 aliphatic carbocycles. The van der Waals surface area contributed by atoms with Crippen molar-refractivity contribution in [3.05, 3.63) is 60.2 Å². The fourth-order valence-electron chi connectivity index (χ4n) is 2.28. The van der Waals surface area contributed by atoms with Crippen LogP contribution in [-0.4, -0.2) is 26.8 Å². The van der Waals surface area contributed by atoms with E-state index in [-0.39, 0.29) is 5.91 Å². The van der Waals surface area contributed by atoms with Crippen LogP contribution in [0.4, 0.5) is 5.82 Å². The number of hydrogen-bond acceptors (Lipinski definition) is 5. The van der Waals surface area contributed by atoms with Crippen LogP contribution in [0.1, 0.15) is 5.56 Å². The van der Waals surface area contributed by atoms with E-state index in [2.05, 4.69) is 30.6 Å². The Hall–Kier alpha value is -3.48. The molecule has 0 unspecified atom stereocenters. The number of aromatic nitrogens is 3. The highest BCUT2D eigenvalue weighted by Gasteiger charge is 2.20. The van der Waals surface area contributed by atoms with Gasteiger partial charge >= 0.3 is 0 Å². The number of aliphatic imine (C=N–C) groups is 1. The minimum absolute atomic E-state index is 0.259. The zero-order chi connectivity index (χ0) is 15.6. The Labute approximate surface area is 131 Å². The van der Waals surface area contributed by atoms with Crippen molar-refractivity contribution in [2.75, 3.05) is 5.32 Å². The van der Waals surface area contributed by atoms with Gasteiger partial charge in [-0.1, -0.05) is 12.1 Å². The highest BCUT2D eigenvalue weighted by atomic mass is 16.2. The number of benzene rings is 1. The van der Waals surface area contributed by atoms with E-state index in [0.29, 0.717) is 17.5 Å². The van der Waals surface area contributed by atoms with Crippen LogP contribution < -0.4 is 10.6 Å². The molecule has 0 radical (unpaired) electrons. The Morgan fingerprint density at radius 1 is 1.13 bits per heavy atom. The second-order valence-corrected chi connectivity index (χ2v) is 4.96. The molecule has 7 heteroatoms. The van der Waals surface area contributed by atoms with Crippen molar-refractivity contribution in [3.63, 3.8) is 0 Å². The average Bonchev–Trinajstić information content (AvgIpc) is 3.15. The van der Waals surface area contributed by atoms with Gasteiger partial charge < -0.3 is 10.3 Å². The maximum Gasteiger partial charge on any atom is 0.276 e. The molecule has 3 N–H and O–H groups in total. The quantitative estimate of drug-likeness (QED) is 0.630. The molecule has 1 aliphatic rings. The van der Waals surface area contributed by atoms with Gasteiger partial charge in [0.25, 0.3) is 5.91 Å². The third kappa shape index (κ3) is 2.67. The van der Waals surface area contributed by atoms with E-state index in [0.717, 1.165) is 16.6 Å². The fourth-order valence-corrected chi connectivity index (χ4v) is 2.28. The first-order chi connectivity index (χ1) is 11.3. The van der Waals surface area contributed by atoms with E-state index < -0.39 is 0 Å². The van der Waals surface area contributed by atoms with Crippen LogP contribution >= 0.6 is 0 Å². The summed E-state index contributed by atoms with van der Waals surface area (Å²) in [6.07, 6.45) is 5.02. The van der Waals surface area contributed by atoms with Gasteiger partial charge in [0.15, 0.2) is 0 Å². The standard InChI is InChI=1S/C16H12N6O/c23-15-13(8-10-4-5-11-12(7-10)19-9-18-11)20-16(22-15)21-14-3-1-2-6-17-14/h1-9H,(H,18,19)(H2,17,20,21,22,23)/b13-8-. The summed E-state index contributed by atoms with van der Waals surface area (Å²) >= 11 is 0. The van der Waals surface area contributed by atoms with Crippen molar-refractivity contribution in [1.82, 2.24) is 20.3 Å². The molecule has 1 aliphatic heterocycles. The number of amides is 1. The lowest BCUT2D eigenvalue weighted by Gasteiger charge is -2.02. The number of imidazole rings is 1. The summed E-state index contributed by atoms with van der Waals surface area (Å²) in [6, 6.07) is 11.2. The Balaban J connectivity index is 1.61. The number of fused-ring (bicyclic) bond motifs is 1. The zero-order valence-electron chi connectivity index (χ0n) is 11.9. The molecular formula is C16H12N6O. The second-order valence-electron chi connectivity index (χ2n) is 4.96. The minimum Gasteiger partial charge on any atom is -0.345 e. The summed E-state index contributed by atoms with van der Waals surface area (Å²) in [4.78, 5) is 27.6. The molecule has 1 amide bonds. The molecule has 0 saturated heterocycles. The van der Waals surface area contributed by atoms with Gasteiger partial charge in [0.1, 0.15) is 11.5 Å². The SMILES string of the molecule is O=C1NC(Nc2ccccn2)=N/C1=C\c1ccc2[nH]cnc2c1. The summed E-state index contributed by atoms with van der Waals surface area (Å²) in [7, 11) is 0. The number of H-pyrrole nitrogens is 1. The number of aromatic amines is 1. The van der Waals surface area contributed by atoms with Crippen molar-refractivity contribution in [1.29, 1.82) is 0 Å². The Morgan fingerprint density at radius 2 is 2.09 bits per heavy atom. The second kappa shape index (κ2) is 5.38. The first kappa shape index (κ1) is 13.2. The van der Waals surface area contributed by atoms with Crippen LogP contribution in [0.3, 0.4) is 0 Å². The summed E-state index contributed by atoms with van der Waals surface area (Å²) in [5.74, 6) is 0.720. The van der Waals surface area contributed by atoms with Crippen molar-refractivity contribution < 1.29 is 4.79 Å². The highest BCUT2D eigenvalue weighted by Crippen LogP contribution is 2.17. The summed E-state index contributed by atoms with van der Waals surface area (Å²) in [5, 5.41) is 5.64. The number of hydrogen-bond donors (Lipinski definition) is 3. The van der Waals surface area contributed by atoms with Crippen LogP contribution in [0.5, 0.6) is 0 Å². The van der Waals surface area contributed by atoms with Crippen molar-refractivity contribution in [3.8, 4) is 0 Å². The maximum absolute atomic E-state index is 12.0. The first-order valence-electron chi connectivity index (χ1n) is 7.01. The van der Waals surface area contributed by atoms with Gasteiger partial charge in [-0.05, 0) is 35.9 Å². The summed E-state index contributed by atoms with van der Waals surface area (Å²) in [6.45, 7) is 0. The smallest absolute Gasteiger partial charge is 0.276 e. The number of carbonyl (C=O) groups excluding carboxylic acids is 1. The van der Waals surface area contributed by atoms with Gasteiger partial charge in [-0.2, -0.15) is 0 Å².